The minimum Gasteiger partial charge on any atom is -0.329 e. The van der Waals surface area contributed by atoms with Gasteiger partial charge in [-0.2, -0.15) is 0 Å². The molecule has 1 N–H and O–H groups in total. The van der Waals surface area contributed by atoms with E-state index in [0.717, 1.165) is 25.7 Å². The Bertz CT molecular complexity index is 360. The van der Waals surface area contributed by atoms with Crippen LogP contribution in [0.4, 0.5) is 0 Å². The van der Waals surface area contributed by atoms with E-state index in [4.69, 9.17) is 0 Å². The van der Waals surface area contributed by atoms with Gasteiger partial charge in [-0.25, -0.2) is 0 Å². The van der Waals surface area contributed by atoms with E-state index in [2.05, 4.69) is 19.2 Å². The molecule has 0 aliphatic carbocycles. The van der Waals surface area contributed by atoms with Crippen molar-refractivity contribution in [2.45, 2.75) is 39.5 Å². The SMILES string of the molecule is CCCC(=CNC(=O)c1ccccc1)CCC. The topological polar surface area (TPSA) is 29.1 Å². The van der Waals surface area contributed by atoms with Crippen molar-refractivity contribution in [2.75, 3.05) is 0 Å². The molecule has 1 aromatic carbocycles. The van der Waals surface area contributed by atoms with Gasteiger partial charge in [0.05, 0.1) is 0 Å². The summed E-state index contributed by atoms with van der Waals surface area (Å²) in [4.78, 5) is 11.8. The highest BCUT2D eigenvalue weighted by Crippen LogP contribution is 2.10. The fraction of sp³-hybridized carbons (Fsp3) is 0.400. The summed E-state index contributed by atoms with van der Waals surface area (Å²) < 4.78 is 0. The quantitative estimate of drug-likeness (QED) is 0.790. The van der Waals surface area contributed by atoms with Crippen LogP contribution >= 0.6 is 0 Å². The summed E-state index contributed by atoms with van der Waals surface area (Å²) in [5.74, 6) is -0.0321. The van der Waals surface area contributed by atoms with Crippen molar-refractivity contribution in [3.63, 3.8) is 0 Å². The highest BCUT2D eigenvalue weighted by molar-refractivity contribution is 5.94. The van der Waals surface area contributed by atoms with Crippen LogP contribution < -0.4 is 5.32 Å². The van der Waals surface area contributed by atoms with Crippen LogP contribution in [0.1, 0.15) is 49.9 Å². The molecule has 1 aromatic rings. The van der Waals surface area contributed by atoms with Crippen LogP contribution in [-0.2, 0) is 0 Å². The Labute approximate surface area is 104 Å². The lowest BCUT2D eigenvalue weighted by atomic mass is 10.1. The van der Waals surface area contributed by atoms with Crippen molar-refractivity contribution >= 4 is 5.91 Å². The maximum absolute atomic E-state index is 11.8. The van der Waals surface area contributed by atoms with Gasteiger partial charge in [-0.05, 0) is 25.0 Å². The first-order valence-electron chi connectivity index (χ1n) is 6.31. The number of hydrogen-bond acceptors (Lipinski definition) is 1. The molecule has 1 amide bonds. The molecular weight excluding hydrogens is 210 g/mol. The molecule has 17 heavy (non-hydrogen) atoms. The smallest absolute Gasteiger partial charge is 0.255 e. The average molecular weight is 231 g/mol. The average Bonchev–Trinajstić information content (AvgIpc) is 2.37. The monoisotopic (exact) mass is 231 g/mol. The summed E-state index contributed by atoms with van der Waals surface area (Å²) in [5, 5.41) is 2.87. The first-order valence-corrected chi connectivity index (χ1v) is 6.31. The maximum Gasteiger partial charge on any atom is 0.255 e. The molecule has 0 bridgehead atoms. The number of nitrogens with one attached hydrogen (secondary N) is 1. The van der Waals surface area contributed by atoms with Gasteiger partial charge < -0.3 is 5.32 Å². The van der Waals surface area contributed by atoms with E-state index in [0.29, 0.717) is 5.56 Å². The zero-order chi connectivity index (χ0) is 12.5. The van der Waals surface area contributed by atoms with Gasteiger partial charge in [-0.1, -0.05) is 50.5 Å². The summed E-state index contributed by atoms with van der Waals surface area (Å²) in [6.45, 7) is 4.31. The second-order valence-corrected chi connectivity index (χ2v) is 4.14. The molecule has 0 aromatic heterocycles. The van der Waals surface area contributed by atoms with Crippen molar-refractivity contribution in [2.24, 2.45) is 0 Å². The second-order valence-electron chi connectivity index (χ2n) is 4.14. The molecule has 0 spiro atoms. The van der Waals surface area contributed by atoms with Crippen molar-refractivity contribution in [1.82, 2.24) is 5.32 Å². The highest BCUT2D eigenvalue weighted by atomic mass is 16.1. The Kier molecular flexibility index (Phi) is 6.08. The second kappa shape index (κ2) is 7.66. The molecule has 0 aliphatic rings. The van der Waals surface area contributed by atoms with Crippen LogP contribution in [0.5, 0.6) is 0 Å². The lowest BCUT2D eigenvalue weighted by Gasteiger charge is -2.05. The van der Waals surface area contributed by atoms with Crippen molar-refractivity contribution in [3.05, 3.63) is 47.7 Å². The standard InChI is InChI=1S/C15H21NO/c1-3-8-13(9-4-2)12-16-15(17)14-10-6-5-7-11-14/h5-7,10-12H,3-4,8-9H2,1-2H3,(H,16,17). The van der Waals surface area contributed by atoms with E-state index in [1.165, 1.54) is 5.57 Å². The van der Waals surface area contributed by atoms with Gasteiger partial charge in [0, 0.05) is 11.8 Å². The first kappa shape index (κ1) is 13.5. The summed E-state index contributed by atoms with van der Waals surface area (Å²) in [6.07, 6.45) is 6.23. The Morgan fingerprint density at radius 3 is 2.24 bits per heavy atom. The van der Waals surface area contributed by atoms with E-state index in [-0.39, 0.29) is 5.91 Å². The Hall–Kier alpha value is -1.57. The molecule has 2 heteroatoms. The fourth-order valence-corrected chi connectivity index (χ4v) is 1.75. The lowest BCUT2D eigenvalue weighted by Crippen LogP contribution is -2.17. The molecule has 0 unspecified atom stereocenters. The van der Waals surface area contributed by atoms with Gasteiger partial charge in [0.25, 0.3) is 5.91 Å². The molecule has 0 fully saturated rings. The zero-order valence-corrected chi connectivity index (χ0v) is 10.7. The van der Waals surface area contributed by atoms with Gasteiger partial charge >= 0.3 is 0 Å². The number of allylic oxidation sites excluding steroid dienone is 1. The van der Waals surface area contributed by atoms with Crippen LogP contribution in [0, 0.1) is 0 Å². The largest absolute Gasteiger partial charge is 0.329 e. The van der Waals surface area contributed by atoms with E-state index in [1.54, 1.807) is 0 Å². The Balaban J connectivity index is 2.58. The third-order valence-corrected chi connectivity index (χ3v) is 2.59. The van der Waals surface area contributed by atoms with Crippen LogP contribution in [0.25, 0.3) is 0 Å². The molecule has 2 nitrogen and oxygen atoms in total. The Morgan fingerprint density at radius 2 is 1.71 bits per heavy atom. The van der Waals surface area contributed by atoms with Crippen LogP contribution in [0.15, 0.2) is 42.1 Å². The number of rotatable bonds is 6. The third-order valence-electron chi connectivity index (χ3n) is 2.59. The predicted molar refractivity (Wildman–Crippen MR) is 71.8 cm³/mol. The molecule has 0 saturated carbocycles. The zero-order valence-electron chi connectivity index (χ0n) is 10.7. The predicted octanol–water partition coefficient (Wildman–Crippen LogP) is 3.90. The van der Waals surface area contributed by atoms with Gasteiger partial charge in [0.1, 0.15) is 0 Å². The molecule has 0 radical (unpaired) electrons. The Morgan fingerprint density at radius 1 is 1.12 bits per heavy atom. The van der Waals surface area contributed by atoms with Crippen LogP contribution in [-0.4, -0.2) is 5.91 Å². The van der Waals surface area contributed by atoms with Crippen molar-refractivity contribution in [3.8, 4) is 0 Å². The number of carbonyl (C=O) groups is 1. The lowest BCUT2D eigenvalue weighted by molar-refractivity contribution is 0.0969. The maximum atomic E-state index is 11.8. The minimum atomic E-state index is -0.0321. The molecule has 0 saturated heterocycles. The van der Waals surface area contributed by atoms with Crippen molar-refractivity contribution < 1.29 is 4.79 Å². The molecule has 92 valence electrons. The molecular formula is C15H21NO. The van der Waals surface area contributed by atoms with Gasteiger partial charge in [-0.15, -0.1) is 0 Å². The number of amides is 1. The van der Waals surface area contributed by atoms with E-state index >= 15 is 0 Å². The summed E-state index contributed by atoms with van der Waals surface area (Å²) in [7, 11) is 0. The summed E-state index contributed by atoms with van der Waals surface area (Å²) in [5.41, 5.74) is 2.02. The van der Waals surface area contributed by atoms with Gasteiger partial charge in [-0.3, -0.25) is 4.79 Å². The highest BCUT2D eigenvalue weighted by Gasteiger charge is 2.02. The van der Waals surface area contributed by atoms with Crippen LogP contribution in [0.2, 0.25) is 0 Å². The summed E-state index contributed by atoms with van der Waals surface area (Å²) >= 11 is 0. The van der Waals surface area contributed by atoms with Crippen LogP contribution in [0.3, 0.4) is 0 Å². The number of benzene rings is 1. The molecule has 1 rings (SSSR count). The van der Waals surface area contributed by atoms with E-state index < -0.39 is 0 Å². The van der Waals surface area contributed by atoms with E-state index in [9.17, 15) is 4.79 Å². The minimum absolute atomic E-state index is 0.0321. The number of carbonyl (C=O) groups excluding carboxylic acids is 1. The number of hydrogen-bond donors (Lipinski definition) is 1. The molecule has 0 heterocycles. The fourth-order valence-electron chi connectivity index (χ4n) is 1.75. The van der Waals surface area contributed by atoms with Crippen molar-refractivity contribution in [1.29, 1.82) is 0 Å². The van der Waals surface area contributed by atoms with E-state index in [1.807, 2.05) is 36.5 Å². The van der Waals surface area contributed by atoms with Gasteiger partial charge in [0.15, 0.2) is 0 Å². The molecule has 0 aliphatic heterocycles. The normalized spacial score (nSPS) is 9.76. The third kappa shape index (κ3) is 4.85. The molecule has 0 atom stereocenters. The van der Waals surface area contributed by atoms with Gasteiger partial charge in [0.2, 0.25) is 0 Å². The summed E-state index contributed by atoms with van der Waals surface area (Å²) in [6, 6.07) is 9.30. The first-order chi connectivity index (χ1) is 8.27.